The Morgan fingerprint density at radius 3 is 1.44 bits per heavy atom. The van der Waals surface area contributed by atoms with Crippen molar-refractivity contribution in [2.75, 3.05) is 0 Å². The third kappa shape index (κ3) is 4.20. The molecule has 8 nitrogen and oxygen atoms in total. The van der Waals surface area contributed by atoms with Crippen LogP contribution in [0.1, 0.15) is 22.3 Å². The van der Waals surface area contributed by atoms with Crippen LogP contribution in [0.2, 0.25) is 0 Å². The molecule has 10 aromatic rings. The van der Waals surface area contributed by atoms with Gasteiger partial charge < -0.3 is 0 Å². The summed E-state index contributed by atoms with van der Waals surface area (Å²) in [4.78, 5) is 32.8. The fraction of sp³-hybridized carbons (Fsp3) is 0. The van der Waals surface area contributed by atoms with Gasteiger partial charge in [0.25, 0.3) is 0 Å². The molecule has 0 aliphatic carbocycles. The first-order chi connectivity index (χ1) is 29.0. The molecule has 2 aromatic heterocycles. The molecule has 0 saturated heterocycles. The molecule has 0 amide bonds. The monoisotopic (exact) mass is 902 g/mol. The number of hydrogen-bond acceptors (Lipinski definition) is 6. The topological polar surface area (TPSA) is 84.0 Å². The molecule has 6 heterocycles. The van der Waals surface area contributed by atoms with Gasteiger partial charge in [-0.3, -0.25) is 0 Å². The van der Waals surface area contributed by atoms with E-state index in [1.54, 1.807) is 0 Å². The van der Waals surface area contributed by atoms with Gasteiger partial charge in [0.1, 0.15) is 0 Å². The van der Waals surface area contributed by atoms with Crippen molar-refractivity contribution in [2.45, 2.75) is 0 Å². The predicted molar refractivity (Wildman–Crippen MR) is 243 cm³/mol. The number of fused-ring (bicyclic) bond motifs is 22. The van der Waals surface area contributed by atoms with E-state index >= 15 is 0 Å². The number of hydrogen-bond donors (Lipinski definition) is 0. The molecule has 0 saturated carbocycles. The predicted octanol–water partition coefficient (Wildman–Crippen LogP) is 10.5. The van der Waals surface area contributed by atoms with Crippen LogP contribution >= 0.6 is 17.8 Å². The van der Waals surface area contributed by atoms with Gasteiger partial charge in [0.2, 0.25) is 0 Å². The Morgan fingerprint density at radius 1 is 0.339 bits per heavy atom. The minimum atomic E-state index is -5.26. The average molecular weight is 902 g/mol. The van der Waals surface area contributed by atoms with Crippen molar-refractivity contribution in [1.82, 2.24) is 5.58 Å². The molecule has 4 aliphatic heterocycles. The minimum absolute atomic E-state index is 0.539. The van der Waals surface area contributed by atoms with E-state index in [0.29, 0.717) is 46.0 Å². The molecule has 4 aliphatic rings. The second-order valence-corrected chi connectivity index (χ2v) is 29.1. The van der Waals surface area contributed by atoms with Gasteiger partial charge in [-0.1, -0.05) is 0 Å². The summed E-state index contributed by atoms with van der Waals surface area (Å²) >= 11 is -5.26. The number of nitrogens with zero attached hydrogens (tertiary/aromatic N) is 8. The number of amidine groups is 4. The van der Waals surface area contributed by atoms with E-state index < -0.39 is 16.7 Å². The Morgan fingerprint density at radius 2 is 0.797 bits per heavy atom. The van der Waals surface area contributed by atoms with E-state index in [4.69, 9.17) is 47.8 Å². The maximum absolute atomic E-state index is 8.34. The van der Waals surface area contributed by atoms with Gasteiger partial charge in [0.05, 0.1) is 0 Å². The standard InChI is InChI=1S/C48H24N8.2ClH.Sn/c1-5-13-29-25(9-1)17-21-33-37(29)45-49-41(33)54-46-39-31-15-7-3-11-27(31)19-23-35(39)43(51-46)56-48-40-32-16-8-4-12-28(32)20-24-36(40)44(52-48)55-47-38-30-14-6-2-10-26(30)18-22-34(38)42(50-47)53-45;;;/h1-24H;2*1H;/q-2;;;+4/p-2. The molecule has 11 heteroatoms. The Kier molecular flexibility index (Phi) is 6.27. The second kappa shape index (κ2) is 11.4. The summed E-state index contributed by atoms with van der Waals surface area (Å²) < 4.78 is 4.08. The van der Waals surface area contributed by atoms with E-state index in [2.05, 4.69) is 121 Å². The zero-order valence-electron chi connectivity index (χ0n) is 30.7. The van der Waals surface area contributed by atoms with Crippen LogP contribution in [-0.4, -0.2) is 45.6 Å². The van der Waals surface area contributed by atoms with Crippen molar-refractivity contribution in [3.05, 3.63) is 179 Å². The van der Waals surface area contributed by atoms with Crippen molar-refractivity contribution in [3.63, 3.8) is 0 Å². The molecule has 274 valence electrons. The van der Waals surface area contributed by atoms with Gasteiger partial charge in [0.15, 0.2) is 0 Å². The Hall–Kier alpha value is -6.46. The summed E-state index contributed by atoms with van der Waals surface area (Å²) in [6.07, 6.45) is 0. The average Bonchev–Trinajstić information content (AvgIpc) is 3.99. The number of halogens is 2. The summed E-state index contributed by atoms with van der Waals surface area (Å²) in [6, 6.07) is 50.3. The Balaban J connectivity index is 1.29. The number of rotatable bonds is 0. The van der Waals surface area contributed by atoms with Crippen molar-refractivity contribution in [3.8, 4) is 0 Å². The Bertz CT molecular complexity index is 3950. The van der Waals surface area contributed by atoms with Crippen LogP contribution in [0.5, 0.6) is 0 Å². The van der Waals surface area contributed by atoms with Gasteiger partial charge in [-0.15, -0.1) is 0 Å². The fourth-order valence-electron chi connectivity index (χ4n) is 9.67. The van der Waals surface area contributed by atoms with E-state index in [1.807, 2.05) is 29.8 Å². The molecule has 59 heavy (non-hydrogen) atoms. The number of aromatic nitrogens is 2. The van der Waals surface area contributed by atoms with Crippen LogP contribution in [0.3, 0.4) is 0 Å². The molecule has 8 aromatic carbocycles. The first kappa shape index (κ1) is 32.5. The van der Waals surface area contributed by atoms with Crippen LogP contribution in [0.25, 0.3) is 64.6 Å². The van der Waals surface area contributed by atoms with E-state index in [1.165, 1.54) is 0 Å². The van der Waals surface area contributed by atoms with Crippen molar-refractivity contribution < 1.29 is 0 Å². The van der Waals surface area contributed by atoms with Crippen LogP contribution in [0.15, 0.2) is 176 Å². The first-order valence-electron chi connectivity index (χ1n) is 19.4. The molecule has 0 fully saturated rings. The molecular formula is C48H24Cl2N8Sn. The van der Waals surface area contributed by atoms with Gasteiger partial charge in [0, 0.05) is 0 Å². The maximum atomic E-state index is 8.34. The van der Waals surface area contributed by atoms with Crippen molar-refractivity contribution >= 4 is 134 Å². The van der Waals surface area contributed by atoms with Gasteiger partial charge in [-0.25, -0.2) is 0 Å². The zero-order chi connectivity index (χ0) is 38.7. The summed E-state index contributed by atoms with van der Waals surface area (Å²) in [5, 5.41) is 11.9. The summed E-state index contributed by atoms with van der Waals surface area (Å²) in [7, 11) is 16.7. The van der Waals surface area contributed by atoms with Crippen LogP contribution in [0, 0.1) is 0 Å². The molecule has 0 atom stereocenters. The summed E-state index contributed by atoms with van der Waals surface area (Å²) in [6.45, 7) is 0. The zero-order valence-corrected chi connectivity index (χ0v) is 35.1. The quantitative estimate of drug-likeness (QED) is 0.136. The third-order valence-electron chi connectivity index (χ3n) is 12.2. The SMILES string of the molecule is [Cl][Sn]1([Cl])[n]2c3c4ccc5ccccc5c4c2N=C2N=C(N=c4c5ccc6ccccc6c5c([n]41)=NC1=NC(=N3)c3c1ccc1ccccc31)c1c2ccc2ccccc12. The first-order valence-corrected chi connectivity index (χ1v) is 29.1. The molecular weight excluding hydrogens is 878 g/mol. The second-order valence-electron chi connectivity index (χ2n) is 15.3. The van der Waals surface area contributed by atoms with E-state index in [-0.39, 0.29) is 0 Å². The van der Waals surface area contributed by atoms with Crippen molar-refractivity contribution in [2.24, 2.45) is 30.0 Å². The van der Waals surface area contributed by atoms with Gasteiger partial charge >= 0.3 is 348 Å². The Labute approximate surface area is 346 Å². The molecule has 0 radical (unpaired) electrons. The summed E-state index contributed by atoms with van der Waals surface area (Å²) in [5.74, 6) is 3.35. The molecule has 6 bridgehead atoms. The molecule has 0 unspecified atom stereocenters. The van der Waals surface area contributed by atoms with Gasteiger partial charge in [-0.2, -0.15) is 0 Å². The molecule has 0 spiro atoms. The molecule has 14 rings (SSSR count). The van der Waals surface area contributed by atoms with Crippen LogP contribution in [0.4, 0.5) is 11.6 Å². The number of aliphatic imine (C=N–C) groups is 4. The van der Waals surface area contributed by atoms with Gasteiger partial charge in [-0.05, 0) is 0 Å². The normalized spacial score (nSPS) is 15.8. The van der Waals surface area contributed by atoms with Crippen LogP contribution < -0.4 is 11.0 Å². The van der Waals surface area contributed by atoms with E-state index in [0.717, 1.165) is 86.9 Å². The summed E-state index contributed by atoms with van der Waals surface area (Å²) in [5.41, 5.74) is 4.78. The van der Waals surface area contributed by atoms with Crippen molar-refractivity contribution in [1.29, 1.82) is 0 Å². The number of benzene rings is 8. The third-order valence-corrected chi connectivity index (χ3v) is 22.3. The van der Waals surface area contributed by atoms with Crippen LogP contribution in [-0.2, 0) is 0 Å². The van der Waals surface area contributed by atoms with E-state index in [9.17, 15) is 0 Å². The molecule has 0 N–H and O–H groups in total. The fourth-order valence-corrected chi connectivity index (χ4v) is 19.3.